The van der Waals surface area contributed by atoms with Crippen LogP contribution in [0.1, 0.15) is 22.6 Å². The largest absolute Gasteiger partial charge is 0.309 e. The third-order valence-electron chi connectivity index (χ3n) is 13.2. The van der Waals surface area contributed by atoms with Crippen molar-refractivity contribution in [2.24, 2.45) is 0 Å². The van der Waals surface area contributed by atoms with Crippen LogP contribution in [-0.4, -0.2) is 9.13 Å². The van der Waals surface area contributed by atoms with Crippen LogP contribution in [0.2, 0.25) is 0 Å². The summed E-state index contributed by atoms with van der Waals surface area (Å²) in [6.07, 6.45) is 0. The zero-order chi connectivity index (χ0) is 40.0. The Morgan fingerprint density at radius 2 is 0.951 bits per heavy atom. The summed E-state index contributed by atoms with van der Waals surface area (Å²) in [5.41, 5.74) is 18.8. The fourth-order valence-corrected chi connectivity index (χ4v) is 10.5. The molecule has 2 aromatic heterocycles. The lowest BCUT2D eigenvalue weighted by Gasteiger charge is -2.15. The van der Waals surface area contributed by atoms with Crippen molar-refractivity contribution in [3.63, 3.8) is 0 Å². The molecule has 0 saturated carbocycles. The van der Waals surface area contributed by atoms with Crippen LogP contribution in [0.3, 0.4) is 0 Å². The van der Waals surface area contributed by atoms with Crippen molar-refractivity contribution in [1.82, 2.24) is 9.13 Å². The topological polar surface area (TPSA) is 9.86 Å². The van der Waals surface area contributed by atoms with Gasteiger partial charge in [-0.05, 0) is 104 Å². The van der Waals surface area contributed by atoms with Crippen molar-refractivity contribution in [1.29, 1.82) is 0 Å². The summed E-state index contributed by atoms with van der Waals surface area (Å²) < 4.78 is 4.97. The molecule has 284 valence electrons. The molecule has 0 aliphatic heterocycles. The van der Waals surface area contributed by atoms with Crippen LogP contribution >= 0.6 is 0 Å². The van der Waals surface area contributed by atoms with Crippen molar-refractivity contribution in [3.05, 3.63) is 241 Å². The highest BCUT2D eigenvalue weighted by Crippen LogP contribution is 2.50. The zero-order valence-corrected chi connectivity index (χ0v) is 33.3. The lowest BCUT2D eigenvalue weighted by Crippen LogP contribution is -1.99. The standard InChI is InChI=1S/C59H38N2/c1-3-14-38(15-4-1)39-26-28-41(29-27-39)57-48-23-10-9-21-46(48)51-36-42(30-32-49(51)57)43-31-34-55-52(37-43)58-56(61(55)53-25-13-17-40-16-7-8-20-45(40)53)35-33-50-47-22-11-12-24-54(47)60(59(50)58)44-18-5-2-6-19-44/h1-37,57H. The predicted molar refractivity (Wildman–Crippen MR) is 256 cm³/mol. The number of aromatic nitrogens is 2. The highest BCUT2D eigenvalue weighted by Gasteiger charge is 2.30. The number of rotatable bonds is 5. The first-order chi connectivity index (χ1) is 30.3. The Balaban J connectivity index is 1.05. The molecule has 61 heavy (non-hydrogen) atoms. The van der Waals surface area contributed by atoms with Crippen molar-refractivity contribution in [2.45, 2.75) is 5.92 Å². The molecule has 12 aromatic rings. The SMILES string of the molecule is c1ccc(-c2ccc(C3c4ccccc4-c4cc(-c5ccc6c(c5)c5c(ccc7c8ccccc8n(-c8ccccc8)c75)n6-c5cccc6ccccc56)ccc43)cc2)cc1. The number of hydrogen-bond donors (Lipinski definition) is 0. The molecule has 10 aromatic carbocycles. The molecule has 0 N–H and O–H groups in total. The maximum absolute atomic E-state index is 2.50. The van der Waals surface area contributed by atoms with E-state index in [2.05, 4.69) is 234 Å². The fourth-order valence-electron chi connectivity index (χ4n) is 10.5. The van der Waals surface area contributed by atoms with E-state index in [4.69, 9.17) is 0 Å². The van der Waals surface area contributed by atoms with Crippen molar-refractivity contribution in [3.8, 4) is 44.8 Å². The van der Waals surface area contributed by atoms with Crippen LogP contribution < -0.4 is 0 Å². The highest BCUT2D eigenvalue weighted by atomic mass is 15.0. The van der Waals surface area contributed by atoms with Gasteiger partial charge in [-0.25, -0.2) is 0 Å². The Hall–Kier alpha value is -7.94. The molecule has 2 nitrogen and oxygen atoms in total. The molecule has 1 aliphatic carbocycles. The van der Waals surface area contributed by atoms with Gasteiger partial charge in [0, 0.05) is 38.5 Å². The molecule has 1 aliphatic rings. The highest BCUT2D eigenvalue weighted by molar-refractivity contribution is 6.26. The van der Waals surface area contributed by atoms with Crippen LogP contribution in [0.4, 0.5) is 0 Å². The second-order valence-corrected chi connectivity index (χ2v) is 16.4. The smallest absolute Gasteiger partial charge is 0.0641 e. The molecule has 0 saturated heterocycles. The number of benzene rings is 10. The van der Waals surface area contributed by atoms with Crippen molar-refractivity contribution in [2.75, 3.05) is 0 Å². The lowest BCUT2D eigenvalue weighted by molar-refractivity contribution is 1.02. The molecule has 0 radical (unpaired) electrons. The van der Waals surface area contributed by atoms with Gasteiger partial charge in [0.15, 0.2) is 0 Å². The normalized spacial score (nSPS) is 13.4. The summed E-state index contributed by atoms with van der Waals surface area (Å²) in [4.78, 5) is 0. The first-order valence-electron chi connectivity index (χ1n) is 21.2. The van der Waals surface area contributed by atoms with Crippen molar-refractivity contribution >= 4 is 54.4 Å². The van der Waals surface area contributed by atoms with Crippen LogP contribution in [-0.2, 0) is 0 Å². The molecule has 0 spiro atoms. The van der Waals surface area contributed by atoms with E-state index in [0.29, 0.717) is 0 Å². The van der Waals surface area contributed by atoms with Gasteiger partial charge in [0.05, 0.1) is 27.8 Å². The van der Waals surface area contributed by atoms with E-state index < -0.39 is 0 Å². The minimum absolute atomic E-state index is 0.180. The molecule has 1 unspecified atom stereocenters. The van der Waals surface area contributed by atoms with Crippen LogP contribution in [0.15, 0.2) is 224 Å². The maximum atomic E-state index is 2.50. The molecular weight excluding hydrogens is 737 g/mol. The third-order valence-corrected chi connectivity index (χ3v) is 13.2. The Morgan fingerprint density at radius 3 is 1.82 bits per heavy atom. The number of hydrogen-bond acceptors (Lipinski definition) is 0. The Morgan fingerprint density at radius 1 is 0.328 bits per heavy atom. The van der Waals surface area contributed by atoms with Gasteiger partial charge in [0.25, 0.3) is 0 Å². The van der Waals surface area contributed by atoms with E-state index in [9.17, 15) is 0 Å². The Bertz CT molecular complexity index is 3680. The van der Waals surface area contributed by atoms with Gasteiger partial charge in [-0.3, -0.25) is 0 Å². The molecule has 13 rings (SSSR count). The number of para-hydroxylation sites is 2. The lowest BCUT2D eigenvalue weighted by atomic mass is 9.88. The molecule has 2 heteroatoms. The summed E-state index contributed by atoms with van der Waals surface area (Å²) in [7, 11) is 0. The quantitative estimate of drug-likeness (QED) is 0.165. The Labute approximate surface area is 353 Å². The second-order valence-electron chi connectivity index (χ2n) is 16.4. The maximum Gasteiger partial charge on any atom is 0.0641 e. The van der Waals surface area contributed by atoms with Gasteiger partial charge in [-0.1, -0.05) is 176 Å². The summed E-state index contributed by atoms with van der Waals surface area (Å²) in [5.74, 6) is 0.180. The average molecular weight is 775 g/mol. The third kappa shape index (κ3) is 5.09. The van der Waals surface area contributed by atoms with Crippen molar-refractivity contribution < 1.29 is 0 Å². The van der Waals surface area contributed by atoms with Gasteiger partial charge in [0.2, 0.25) is 0 Å². The molecule has 2 heterocycles. The summed E-state index contributed by atoms with van der Waals surface area (Å²) in [5, 5.41) is 7.47. The van der Waals surface area contributed by atoms with Gasteiger partial charge in [-0.2, -0.15) is 0 Å². The monoisotopic (exact) mass is 774 g/mol. The van der Waals surface area contributed by atoms with E-state index in [1.54, 1.807) is 0 Å². The number of nitrogens with zero attached hydrogens (tertiary/aromatic N) is 2. The minimum Gasteiger partial charge on any atom is -0.309 e. The molecule has 0 fully saturated rings. The fraction of sp³-hybridized carbons (Fsp3) is 0.0169. The minimum atomic E-state index is 0.180. The summed E-state index contributed by atoms with van der Waals surface area (Å²) >= 11 is 0. The second kappa shape index (κ2) is 13.3. The summed E-state index contributed by atoms with van der Waals surface area (Å²) in [6, 6.07) is 82.9. The molecule has 0 amide bonds. The zero-order valence-electron chi connectivity index (χ0n) is 33.3. The van der Waals surface area contributed by atoms with Crippen LogP contribution in [0, 0.1) is 0 Å². The first kappa shape index (κ1) is 34.0. The predicted octanol–water partition coefficient (Wildman–Crippen LogP) is 15.5. The van der Waals surface area contributed by atoms with E-state index in [0.717, 1.165) is 5.69 Å². The van der Waals surface area contributed by atoms with E-state index in [1.807, 2.05) is 0 Å². The van der Waals surface area contributed by atoms with Gasteiger partial charge in [-0.15, -0.1) is 0 Å². The van der Waals surface area contributed by atoms with E-state index >= 15 is 0 Å². The molecular formula is C59H38N2. The van der Waals surface area contributed by atoms with Crippen LogP contribution in [0.5, 0.6) is 0 Å². The number of fused-ring (bicyclic) bond motifs is 11. The first-order valence-corrected chi connectivity index (χ1v) is 21.2. The summed E-state index contributed by atoms with van der Waals surface area (Å²) in [6.45, 7) is 0. The van der Waals surface area contributed by atoms with E-state index in [1.165, 1.54) is 110 Å². The van der Waals surface area contributed by atoms with Crippen LogP contribution in [0.25, 0.3) is 99.1 Å². The molecule has 0 bridgehead atoms. The van der Waals surface area contributed by atoms with Gasteiger partial charge < -0.3 is 9.13 Å². The average Bonchev–Trinajstić information content (AvgIpc) is 3.97. The Kier molecular flexibility index (Phi) is 7.40. The molecule has 1 atom stereocenters. The van der Waals surface area contributed by atoms with Gasteiger partial charge in [0.1, 0.15) is 0 Å². The van der Waals surface area contributed by atoms with E-state index in [-0.39, 0.29) is 5.92 Å². The van der Waals surface area contributed by atoms with Gasteiger partial charge >= 0.3 is 0 Å².